The highest BCUT2D eigenvalue weighted by atomic mass is 35.5. The molecule has 16 heavy (non-hydrogen) atoms. The lowest BCUT2D eigenvalue weighted by Crippen LogP contribution is -2.20. The molecule has 2 rings (SSSR count). The van der Waals surface area contributed by atoms with Gasteiger partial charge in [0.2, 0.25) is 0 Å². The van der Waals surface area contributed by atoms with Crippen molar-refractivity contribution >= 4 is 28.9 Å². The molecule has 84 valence electrons. The largest absolute Gasteiger partial charge is 0.278 e. The molecule has 1 aliphatic rings. The summed E-state index contributed by atoms with van der Waals surface area (Å²) in [5, 5.41) is 4.43. The van der Waals surface area contributed by atoms with Crippen LogP contribution in [-0.4, -0.2) is 23.0 Å². The standard InChI is InChI=1S/C9H6ClF2N3O/c10-8-6(2-1-3-13-8)15-7(16)4-5(14-15)9(11)12/h1-3,9H,4H2. The van der Waals surface area contributed by atoms with Crippen LogP contribution in [-0.2, 0) is 4.79 Å². The Labute approximate surface area is 94.5 Å². The van der Waals surface area contributed by atoms with Gasteiger partial charge in [-0.3, -0.25) is 4.79 Å². The van der Waals surface area contributed by atoms with E-state index >= 15 is 0 Å². The molecule has 0 aliphatic carbocycles. The maximum absolute atomic E-state index is 12.3. The molecule has 1 amide bonds. The Morgan fingerprint density at radius 1 is 1.50 bits per heavy atom. The van der Waals surface area contributed by atoms with Crippen LogP contribution in [0.15, 0.2) is 23.4 Å². The summed E-state index contributed by atoms with van der Waals surface area (Å²) in [6.07, 6.45) is -1.68. The topological polar surface area (TPSA) is 45.6 Å². The van der Waals surface area contributed by atoms with E-state index in [4.69, 9.17) is 11.6 Å². The van der Waals surface area contributed by atoms with Crippen molar-refractivity contribution in [1.82, 2.24) is 4.98 Å². The molecule has 1 aromatic heterocycles. The zero-order chi connectivity index (χ0) is 11.7. The van der Waals surface area contributed by atoms with Crippen LogP contribution < -0.4 is 5.01 Å². The van der Waals surface area contributed by atoms with E-state index in [1.807, 2.05) is 0 Å². The molecule has 0 saturated carbocycles. The van der Waals surface area contributed by atoms with Gasteiger partial charge in [0.15, 0.2) is 5.15 Å². The number of amides is 1. The fourth-order valence-corrected chi connectivity index (χ4v) is 1.49. The number of carbonyl (C=O) groups is 1. The summed E-state index contributed by atoms with van der Waals surface area (Å²) in [5.74, 6) is -0.537. The van der Waals surface area contributed by atoms with Crippen LogP contribution >= 0.6 is 11.6 Å². The Kier molecular flexibility index (Phi) is 2.82. The first-order valence-electron chi connectivity index (χ1n) is 4.38. The van der Waals surface area contributed by atoms with Crippen LogP contribution in [0.1, 0.15) is 6.42 Å². The second-order valence-corrected chi connectivity index (χ2v) is 3.45. The smallest absolute Gasteiger partial charge is 0.272 e. The van der Waals surface area contributed by atoms with Gasteiger partial charge in [0, 0.05) is 6.20 Å². The van der Waals surface area contributed by atoms with E-state index in [0.717, 1.165) is 5.01 Å². The highest BCUT2D eigenvalue weighted by Gasteiger charge is 2.31. The molecular formula is C9H6ClF2N3O. The van der Waals surface area contributed by atoms with Crippen molar-refractivity contribution in [2.75, 3.05) is 5.01 Å². The van der Waals surface area contributed by atoms with Crippen molar-refractivity contribution < 1.29 is 13.6 Å². The van der Waals surface area contributed by atoms with Gasteiger partial charge in [-0.2, -0.15) is 10.1 Å². The lowest BCUT2D eigenvalue weighted by molar-refractivity contribution is -0.117. The maximum atomic E-state index is 12.3. The molecule has 4 nitrogen and oxygen atoms in total. The molecule has 0 unspecified atom stereocenters. The molecule has 2 heterocycles. The third-order valence-electron chi connectivity index (χ3n) is 2.02. The molecular weight excluding hydrogens is 240 g/mol. The van der Waals surface area contributed by atoms with Crippen molar-refractivity contribution in [2.24, 2.45) is 5.10 Å². The number of hydrogen-bond donors (Lipinski definition) is 0. The molecule has 0 bridgehead atoms. The number of anilines is 1. The fraction of sp³-hybridized carbons (Fsp3) is 0.222. The van der Waals surface area contributed by atoms with Gasteiger partial charge in [-0.15, -0.1) is 0 Å². The van der Waals surface area contributed by atoms with E-state index < -0.39 is 18.0 Å². The first-order valence-corrected chi connectivity index (χ1v) is 4.76. The number of aromatic nitrogens is 1. The van der Waals surface area contributed by atoms with Gasteiger partial charge in [-0.25, -0.2) is 13.8 Å². The Morgan fingerprint density at radius 2 is 2.25 bits per heavy atom. The third-order valence-corrected chi connectivity index (χ3v) is 2.31. The molecule has 0 aromatic carbocycles. The summed E-state index contributed by atoms with van der Waals surface area (Å²) in [4.78, 5) is 15.2. The molecule has 1 aromatic rings. The minimum Gasteiger partial charge on any atom is -0.272 e. The number of halogens is 3. The quantitative estimate of drug-likeness (QED) is 0.749. The third kappa shape index (κ3) is 1.88. The summed E-state index contributed by atoms with van der Waals surface area (Å²) in [6, 6.07) is 3.04. The van der Waals surface area contributed by atoms with Gasteiger partial charge in [0.1, 0.15) is 11.4 Å². The monoisotopic (exact) mass is 245 g/mol. The molecule has 0 N–H and O–H groups in total. The summed E-state index contributed by atoms with van der Waals surface area (Å²) in [7, 11) is 0. The Morgan fingerprint density at radius 3 is 2.81 bits per heavy atom. The van der Waals surface area contributed by atoms with Crippen LogP contribution in [0.5, 0.6) is 0 Å². The van der Waals surface area contributed by atoms with Gasteiger partial charge in [-0.1, -0.05) is 11.6 Å². The average molecular weight is 246 g/mol. The Bertz CT molecular complexity index is 464. The maximum Gasteiger partial charge on any atom is 0.278 e. The highest BCUT2D eigenvalue weighted by Crippen LogP contribution is 2.27. The number of carbonyl (C=O) groups excluding carboxylic acids is 1. The number of hydrogen-bond acceptors (Lipinski definition) is 3. The molecule has 1 aliphatic heterocycles. The fourth-order valence-electron chi connectivity index (χ4n) is 1.29. The van der Waals surface area contributed by atoms with Crippen molar-refractivity contribution in [3.63, 3.8) is 0 Å². The lowest BCUT2D eigenvalue weighted by atomic mass is 10.3. The van der Waals surface area contributed by atoms with Gasteiger partial charge in [0.05, 0.1) is 6.42 Å². The second-order valence-electron chi connectivity index (χ2n) is 3.09. The highest BCUT2D eigenvalue weighted by molar-refractivity contribution is 6.33. The van der Waals surface area contributed by atoms with Crippen molar-refractivity contribution in [3.8, 4) is 0 Å². The van der Waals surface area contributed by atoms with E-state index in [-0.39, 0.29) is 17.3 Å². The summed E-state index contributed by atoms with van der Waals surface area (Å²) < 4.78 is 24.7. The van der Waals surface area contributed by atoms with E-state index in [1.54, 1.807) is 6.07 Å². The van der Waals surface area contributed by atoms with E-state index in [9.17, 15) is 13.6 Å². The Balaban J connectivity index is 2.36. The van der Waals surface area contributed by atoms with Crippen LogP contribution in [0, 0.1) is 0 Å². The SMILES string of the molecule is O=C1CC(C(F)F)=NN1c1cccnc1Cl. The lowest BCUT2D eigenvalue weighted by Gasteiger charge is -2.11. The van der Waals surface area contributed by atoms with E-state index in [1.165, 1.54) is 12.3 Å². The number of hydrazone groups is 1. The van der Waals surface area contributed by atoms with Crippen molar-refractivity contribution in [2.45, 2.75) is 12.8 Å². The zero-order valence-corrected chi connectivity index (χ0v) is 8.66. The van der Waals surface area contributed by atoms with E-state index in [0.29, 0.717) is 0 Å². The molecule has 0 fully saturated rings. The minimum atomic E-state index is -2.73. The predicted molar refractivity (Wildman–Crippen MR) is 54.8 cm³/mol. The predicted octanol–water partition coefficient (Wildman–Crippen LogP) is 2.09. The number of rotatable bonds is 2. The van der Waals surface area contributed by atoms with Crippen molar-refractivity contribution in [3.05, 3.63) is 23.5 Å². The number of nitrogens with zero attached hydrogens (tertiary/aromatic N) is 3. The van der Waals surface area contributed by atoms with E-state index in [2.05, 4.69) is 10.1 Å². The van der Waals surface area contributed by atoms with Crippen LogP contribution in [0.3, 0.4) is 0 Å². The average Bonchev–Trinajstić information content (AvgIpc) is 2.61. The van der Waals surface area contributed by atoms with Gasteiger partial charge < -0.3 is 0 Å². The van der Waals surface area contributed by atoms with Gasteiger partial charge in [0.25, 0.3) is 12.3 Å². The zero-order valence-electron chi connectivity index (χ0n) is 7.90. The van der Waals surface area contributed by atoms with Gasteiger partial charge >= 0.3 is 0 Å². The van der Waals surface area contributed by atoms with Crippen molar-refractivity contribution in [1.29, 1.82) is 0 Å². The van der Waals surface area contributed by atoms with Gasteiger partial charge in [-0.05, 0) is 12.1 Å². The summed E-state index contributed by atoms with van der Waals surface area (Å²) in [6.45, 7) is 0. The van der Waals surface area contributed by atoms with Crippen LogP contribution in [0.25, 0.3) is 0 Å². The molecule has 0 saturated heterocycles. The second kappa shape index (κ2) is 4.13. The van der Waals surface area contributed by atoms with Crippen LogP contribution in [0.2, 0.25) is 5.15 Å². The summed E-state index contributed by atoms with van der Waals surface area (Å²) in [5.41, 5.74) is -0.241. The molecule has 7 heteroatoms. The molecule has 0 atom stereocenters. The minimum absolute atomic E-state index is 0.0510. The first-order chi connectivity index (χ1) is 7.59. The molecule has 0 radical (unpaired) electrons. The Hall–Kier alpha value is -1.56. The number of pyridine rings is 1. The normalized spacial score (nSPS) is 15.9. The number of alkyl halides is 2. The first kappa shape index (κ1) is 10.9. The summed E-state index contributed by atoms with van der Waals surface area (Å²) >= 11 is 5.74. The van der Waals surface area contributed by atoms with Crippen LogP contribution in [0.4, 0.5) is 14.5 Å². The molecule has 0 spiro atoms.